The van der Waals surface area contributed by atoms with E-state index in [-0.39, 0.29) is 12.0 Å². The molecule has 0 saturated heterocycles. The van der Waals surface area contributed by atoms with E-state index in [2.05, 4.69) is 41.0 Å². The van der Waals surface area contributed by atoms with Crippen LogP contribution in [0.4, 0.5) is 0 Å². The summed E-state index contributed by atoms with van der Waals surface area (Å²) in [7, 11) is 0. The second-order valence-corrected chi connectivity index (χ2v) is 7.63. The van der Waals surface area contributed by atoms with Gasteiger partial charge in [0.1, 0.15) is 0 Å². The van der Waals surface area contributed by atoms with Gasteiger partial charge in [0.15, 0.2) is 5.16 Å². The van der Waals surface area contributed by atoms with Gasteiger partial charge in [-0.1, -0.05) is 54.6 Å². The van der Waals surface area contributed by atoms with E-state index >= 15 is 0 Å². The molecule has 0 bridgehead atoms. The van der Waals surface area contributed by atoms with Crippen LogP contribution in [0.5, 0.6) is 0 Å². The molecule has 1 aliphatic heterocycles. The highest BCUT2D eigenvalue weighted by Gasteiger charge is 2.29. The second kappa shape index (κ2) is 6.84. The molecule has 1 aromatic heterocycles. The number of esters is 1. The van der Waals surface area contributed by atoms with Crippen molar-refractivity contribution in [2.75, 3.05) is 6.61 Å². The predicted molar refractivity (Wildman–Crippen MR) is 112 cm³/mol. The maximum absolute atomic E-state index is 12.5. The molecule has 0 aliphatic carbocycles. The van der Waals surface area contributed by atoms with Crippen LogP contribution in [0.1, 0.15) is 18.5 Å². The van der Waals surface area contributed by atoms with E-state index in [1.165, 1.54) is 22.5 Å². The Kier molecular flexibility index (Phi) is 4.17. The fraction of sp³-hybridized carbons (Fsp3) is 0.130. The highest BCUT2D eigenvalue weighted by molar-refractivity contribution is 8.03. The highest BCUT2D eigenvalue weighted by atomic mass is 32.2. The number of carbonyl (C=O) groups excluding carboxylic acids is 1. The number of nitrogens with zero attached hydrogens (tertiary/aromatic N) is 2. The standard InChI is InChI=1S/C23H18N2O2S/c1-2-27-22(26)21-14-20(17-11-7-9-15-8-3-4-10-16(15)17)25-19-13-6-5-12-18(19)24-23(25)28-21/h3-14,20H,2H2,1H3. The number of hydrogen-bond donors (Lipinski definition) is 0. The SMILES string of the molecule is CCOC(=O)C1=CC(c2cccc3ccccc23)n2c(nc3ccccc32)S1. The quantitative estimate of drug-likeness (QED) is 0.446. The zero-order valence-corrected chi connectivity index (χ0v) is 16.1. The van der Waals surface area contributed by atoms with Crippen molar-refractivity contribution in [2.24, 2.45) is 0 Å². The van der Waals surface area contributed by atoms with Gasteiger partial charge in [0, 0.05) is 0 Å². The summed E-state index contributed by atoms with van der Waals surface area (Å²) in [5, 5.41) is 3.16. The zero-order valence-electron chi connectivity index (χ0n) is 15.3. The second-order valence-electron chi connectivity index (χ2n) is 6.62. The van der Waals surface area contributed by atoms with Gasteiger partial charge in [-0.15, -0.1) is 0 Å². The van der Waals surface area contributed by atoms with E-state index in [1.807, 2.05) is 43.3 Å². The fourth-order valence-electron chi connectivity index (χ4n) is 3.76. The lowest BCUT2D eigenvalue weighted by molar-refractivity contribution is -0.137. The molecule has 0 fully saturated rings. The summed E-state index contributed by atoms with van der Waals surface area (Å²) < 4.78 is 7.49. The summed E-state index contributed by atoms with van der Waals surface area (Å²) in [6, 6.07) is 22.6. The van der Waals surface area contributed by atoms with E-state index in [0.29, 0.717) is 11.5 Å². The molecule has 5 rings (SSSR count). The monoisotopic (exact) mass is 386 g/mol. The third-order valence-corrected chi connectivity index (χ3v) is 5.96. The van der Waals surface area contributed by atoms with Crippen molar-refractivity contribution in [3.05, 3.63) is 83.3 Å². The number of para-hydroxylation sites is 2. The first kappa shape index (κ1) is 17.1. The number of ether oxygens (including phenoxy) is 1. The van der Waals surface area contributed by atoms with Crippen LogP contribution in [0.3, 0.4) is 0 Å². The van der Waals surface area contributed by atoms with Crippen LogP contribution in [-0.2, 0) is 9.53 Å². The molecule has 1 aliphatic rings. The number of carbonyl (C=O) groups is 1. The number of imidazole rings is 1. The molecule has 0 amide bonds. The van der Waals surface area contributed by atoms with Gasteiger partial charge in [0.2, 0.25) is 0 Å². The van der Waals surface area contributed by atoms with Gasteiger partial charge >= 0.3 is 5.97 Å². The van der Waals surface area contributed by atoms with Crippen LogP contribution in [0.2, 0.25) is 0 Å². The lowest BCUT2D eigenvalue weighted by Gasteiger charge is -2.25. The molecular weight excluding hydrogens is 368 g/mol. The van der Waals surface area contributed by atoms with E-state index in [1.54, 1.807) is 0 Å². The van der Waals surface area contributed by atoms with E-state index < -0.39 is 0 Å². The Balaban J connectivity index is 1.77. The van der Waals surface area contributed by atoms with Crippen LogP contribution < -0.4 is 0 Å². The zero-order chi connectivity index (χ0) is 19.1. The number of allylic oxidation sites excluding steroid dienone is 1. The molecular formula is C23H18N2O2S. The van der Waals surface area contributed by atoms with Crippen LogP contribution in [0, 0.1) is 0 Å². The van der Waals surface area contributed by atoms with Crippen molar-refractivity contribution < 1.29 is 9.53 Å². The third-order valence-electron chi connectivity index (χ3n) is 4.97. The Morgan fingerprint density at radius 3 is 2.75 bits per heavy atom. The molecule has 0 N–H and O–H groups in total. The molecule has 1 unspecified atom stereocenters. The maximum Gasteiger partial charge on any atom is 0.344 e. The number of fused-ring (bicyclic) bond motifs is 4. The van der Waals surface area contributed by atoms with Crippen LogP contribution in [0.25, 0.3) is 21.8 Å². The third kappa shape index (κ3) is 2.70. The summed E-state index contributed by atoms with van der Waals surface area (Å²) in [5.74, 6) is -0.295. The van der Waals surface area contributed by atoms with Gasteiger partial charge in [-0.3, -0.25) is 0 Å². The van der Waals surface area contributed by atoms with Crippen molar-refractivity contribution in [3.63, 3.8) is 0 Å². The first-order valence-corrected chi connectivity index (χ1v) is 10.1. The molecule has 2 heterocycles. The van der Waals surface area contributed by atoms with Crippen LogP contribution >= 0.6 is 11.8 Å². The molecule has 5 heteroatoms. The number of hydrogen-bond acceptors (Lipinski definition) is 4. The van der Waals surface area contributed by atoms with Gasteiger partial charge in [0.05, 0.1) is 28.6 Å². The van der Waals surface area contributed by atoms with Crippen molar-refractivity contribution in [1.82, 2.24) is 9.55 Å². The highest BCUT2D eigenvalue weighted by Crippen LogP contribution is 2.42. The summed E-state index contributed by atoms with van der Waals surface area (Å²) >= 11 is 1.37. The molecule has 28 heavy (non-hydrogen) atoms. The molecule has 4 nitrogen and oxygen atoms in total. The minimum Gasteiger partial charge on any atom is -0.462 e. The van der Waals surface area contributed by atoms with Crippen LogP contribution in [-0.4, -0.2) is 22.1 Å². The molecule has 0 spiro atoms. The predicted octanol–water partition coefficient (Wildman–Crippen LogP) is 5.33. The maximum atomic E-state index is 12.5. The minimum atomic E-state index is -0.295. The van der Waals surface area contributed by atoms with Crippen molar-refractivity contribution in [2.45, 2.75) is 18.1 Å². The number of aromatic nitrogens is 2. The van der Waals surface area contributed by atoms with E-state index in [9.17, 15) is 4.79 Å². The normalized spacial score (nSPS) is 16.0. The molecule has 0 saturated carbocycles. The Morgan fingerprint density at radius 2 is 1.86 bits per heavy atom. The van der Waals surface area contributed by atoms with Gasteiger partial charge in [-0.05, 0) is 53.2 Å². The molecule has 138 valence electrons. The Labute approximate surface area is 166 Å². The Hall–Kier alpha value is -3.05. The molecule has 1 atom stereocenters. The summed E-state index contributed by atoms with van der Waals surface area (Å²) in [6.07, 6.45) is 2.01. The number of benzene rings is 3. The van der Waals surface area contributed by atoms with Gasteiger partial charge in [-0.25, -0.2) is 9.78 Å². The van der Waals surface area contributed by atoms with Crippen molar-refractivity contribution >= 4 is 39.5 Å². The summed E-state index contributed by atoms with van der Waals surface area (Å²) in [6.45, 7) is 2.18. The van der Waals surface area contributed by atoms with E-state index in [4.69, 9.17) is 9.72 Å². The summed E-state index contributed by atoms with van der Waals surface area (Å²) in [5.41, 5.74) is 3.13. The van der Waals surface area contributed by atoms with Gasteiger partial charge < -0.3 is 9.30 Å². The minimum absolute atomic E-state index is 0.130. The smallest absolute Gasteiger partial charge is 0.344 e. The first-order valence-electron chi connectivity index (χ1n) is 9.27. The van der Waals surface area contributed by atoms with Crippen LogP contribution in [0.15, 0.2) is 82.9 Å². The average molecular weight is 386 g/mol. The van der Waals surface area contributed by atoms with Gasteiger partial charge in [0.25, 0.3) is 0 Å². The number of rotatable bonds is 3. The Morgan fingerprint density at radius 1 is 1.07 bits per heavy atom. The number of thioether (sulfide) groups is 1. The first-order chi connectivity index (χ1) is 13.8. The van der Waals surface area contributed by atoms with E-state index in [0.717, 1.165) is 21.8 Å². The largest absolute Gasteiger partial charge is 0.462 e. The van der Waals surface area contributed by atoms with Crippen molar-refractivity contribution in [1.29, 1.82) is 0 Å². The lowest BCUT2D eigenvalue weighted by atomic mass is 9.98. The molecule has 4 aromatic rings. The van der Waals surface area contributed by atoms with Gasteiger partial charge in [-0.2, -0.15) is 0 Å². The average Bonchev–Trinajstić information content (AvgIpc) is 3.11. The fourth-order valence-corrected chi connectivity index (χ4v) is 4.75. The molecule has 0 radical (unpaired) electrons. The summed E-state index contributed by atoms with van der Waals surface area (Å²) in [4.78, 5) is 17.9. The lowest BCUT2D eigenvalue weighted by Crippen LogP contribution is -2.17. The Bertz CT molecular complexity index is 1240. The topological polar surface area (TPSA) is 44.1 Å². The molecule has 3 aromatic carbocycles. The van der Waals surface area contributed by atoms with Crippen molar-refractivity contribution in [3.8, 4) is 0 Å².